The van der Waals surface area contributed by atoms with Crippen LogP contribution in [0.25, 0.3) is 0 Å². The van der Waals surface area contributed by atoms with Crippen molar-refractivity contribution in [2.75, 3.05) is 31.1 Å². The molecule has 1 aromatic rings. The Morgan fingerprint density at radius 1 is 0.893 bits per heavy atom. The number of carbonyl (C=O) groups excluding carboxylic acids is 1. The van der Waals surface area contributed by atoms with Crippen molar-refractivity contribution in [2.24, 2.45) is 23.2 Å². The van der Waals surface area contributed by atoms with Gasteiger partial charge in [-0.05, 0) is 86.0 Å². The van der Waals surface area contributed by atoms with Crippen LogP contribution in [0.1, 0.15) is 55.3 Å². The van der Waals surface area contributed by atoms with Gasteiger partial charge in [0.1, 0.15) is 0 Å². The number of hydrogen-bond donors (Lipinski definition) is 1. The average Bonchev–Trinajstić information content (AvgIpc) is 2.67. The minimum absolute atomic E-state index is 0.313. The van der Waals surface area contributed by atoms with E-state index in [0.717, 1.165) is 56.0 Å². The maximum absolute atomic E-state index is 13.1. The standard InChI is InChI=1S/C23H30N2O3/c26-21(15-23-12-16-9-17(13-23)11-18(10-16)14-23)25-7-5-24(6-8-25)20-3-1-19(2-4-20)22(27)28/h1-4,16-18H,5-15H2,(H,27,28). The van der Waals surface area contributed by atoms with E-state index in [0.29, 0.717) is 16.9 Å². The van der Waals surface area contributed by atoms with Crippen LogP contribution in [0.2, 0.25) is 0 Å². The topological polar surface area (TPSA) is 60.9 Å². The van der Waals surface area contributed by atoms with Crippen molar-refractivity contribution >= 4 is 17.6 Å². The number of benzene rings is 1. The fourth-order valence-electron chi connectivity index (χ4n) is 6.97. The monoisotopic (exact) mass is 382 g/mol. The van der Waals surface area contributed by atoms with Crippen LogP contribution in [0.15, 0.2) is 24.3 Å². The molecule has 1 amide bonds. The Kier molecular flexibility index (Phi) is 4.37. The SMILES string of the molecule is O=C(O)c1ccc(N2CCN(C(=O)CC34CC5CC(CC(C5)C3)C4)CC2)cc1. The van der Waals surface area contributed by atoms with Gasteiger partial charge in [-0.2, -0.15) is 0 Å². The molecule has 4 bridgehead atoms. The van der Waals surface area contributed by atoms with Crippen molar-refractivity contribution in [1.29, 1.82) is 0 Å². The lowest BCUT2D eigenvalue weighted by molar-refractivity contribution is -0.139. The van der Waals surface area contributed by atoms with Gasteiger partial charge in [0.15, 0.2) is 0 Å². The molecule has 0 radical (unpaired) electrons. The number of carboxylic acids is 1. The van der Waals surface area contributed by atoms with E-state index in [9.17, 15) is 9.59 Å². The Hall–Kier alpha value is -2.04. The molecule has 6 rings (SSSR count). The van der Waals surface area contributed by atoms with Crippen LogP contribution < -0.4 is 4.90 Å². The highest BCUT2D eigenvalue weighted by molar-refractivity contribution is 5.88. The molecule has 1 aromatic carbocycles. The predicted octanol–water partition coefficient (Wildman–Crippen LogP) is 3.64. The third-order valence-electron chi connectivity index (χ3n) is 7.80. The molecule has 1 heterocycles. The third-order valence-corrected chi connectivity index (χ3v) is 7.80. The van der Waals surface area contributed by atoms with E-state index in [4.69, 9.17) is 5.11 Å². The van der Waals surface area contributed by atoms with Crippen molar-refractivity contribution in [3.05, 3.63) is 29.8 Å². The van der Waals surface area contributed by atoms with E-state index < -0.39 is 5.97 Å². The van der Waals surface area contributed by atoms with Crippen LogP contribution >= 0.6 is 0 Å². The molecule has 4 saturated carbocycles. The highest BCUT2D eigenvalue weighted by atomic mass is 16.4. The maximum Gasteiger partial charge on any atom is 0.335 e. The van der Waals surface area contributed by atoms with Crippen LogP contribution in [0.5, 0.6) is 0 Å². The number of piperazine rings is 1. The molecule has 0 atom stereocenters. The maximum atomic E-state index is 13.1. The minimum Gasteiger partial charge on any atom is -0.478 e. The molecule has 5 nitrogen and oxygen atoms in total. The second-order valence-electron chi connectivity index (χ2n) is 9.81. The average molecular weight is 383 g/mol. The third kappa shape index (κ3) is 3.29. The summed E-state index contributed by atoms with van der Waals surface area (Å²) < 4.78 is 0. The lowest BCUT2D eigenvalue weighted by atomic mass is 9.49. The van der Waals surface area contributed by atoms with Gasteiger partial charge in [0.25, 0.3) is 0 Å². The minimum atomic E-state index is -0.897. The number of carbonyl (C=O) groups is 2. The smallest absolute Gasteiger partial charge is 0.335 e. The molecule has 4 aliphatic carbocycles. The van der Waals surface area contributed by atoms with Crippen molar-refractivity contribution < 1.29 is 14.7 Å². The highest BCUT2D eigenvalue weighted by Crippen LogP contribution is 2.61. The zero-order valence-electron chi connectivity index (χ0n) is 16.5. The molecular weight excluding hydrogens is 352 g/mol. The van der Waals surface area contributed by atoms with Crippen molar-refractivity contribution in [3.8, 4) is 0 Å². The van der Waals surface area contributed by atoms with Gasteiger partial charge >= 0.3 is 5.97 Å². The van der Waals surface area contributed by atoms with Crippen molar-refractivity contribution in [2.45, 2.75) is 44.9 Å². The first-order valence-electron chi connectivity index (χ1n) is 10.9. The summed E-state index contributed by atoms with van der Waals surface area (Å²) in [6.07, 6.45) is 8.91. The van der Waals surface area contributed by atoms with E-state index in [2.05, 4.69) is 9.80 Å². The van der Waals surface area contributed by atoms with E-state index in [-0.39, 0.29) is 0 Å². The first kappa shape index (κ1) is 18.0. The fraction of sp³-hybridized carbons (Fsp3) is 0.652. The van der Waals surface area contributed by atoms with E-state index in [1.165, 1.54) is 38.5 Å². The van der Waals surface area contributed by atoms with Gasteiger partial charge in [-0.25, -0.2) is 4.79 Å². The highest BCUT2D eigenvalue weighted by Gasteiger charge is 2.51. The second-order valence-corrected chi connectivity index (χ2v) is 9.81. The summed E-state index contributed by atoms with van der Waals surface area (Å²) in [5.74, 6) is 2.15. The Bertz CT molecular complexity index is 729. The molecule has 28 heavy (non-hydrogen) atoms. The van der Waals surface area contributed by atoms with Gasteiger partial charge in [0.2, 0.25) is 5.91 Å². The summed E-state index contributed by atoms with van der Waals surface area (Å²) in [6, 6.07) is 7.05. The first-order valence-corrected chi connectivity index (χ1v) is 10.9. The molecule has 0 aromatic heterocycles. The second kappa shape index (κ2) is 6.78. The molecule has 1 saturated heterocycles. The van der Waals surface area contributed by atoms with Crippen molar-refractivity contribution in [1.82, 2.24) is 4.90 Å². The Labute approximate surface area is 166 Å². The van der Waals surface area contributed by atoms with E-state index >= 15 is 0 Å². The van der Waals surface area contributed by atoms with Crippen LogP contribution in [-0.2, 0) is 4.79 Å². The van der Waals surface area contributed by atoms with Gasteiger partial charge < -0.3 is 14.9 Å². The summed E-state index contributed by atoms with van der Waals surface area (Å²) in [7, 11) is 0. The van der Waals surface area contributed by atoms with E-state index in [1.54, 1.807) is 12.1 Å². The molecule has 5 heteroatoms. The van der Waals surface area contributed by atoms with Crippen LogP contribution in [0.4, 0.5) is 5.69 Å². The van der Waals surface area contributed by atoms with Gasteiger partial charge in [-0.15, -0.1) is 0 Å². The summed E-state index contributed by atoms with van der Waals surface area (Å²) >= 11 is 0. The number of hydrogen-bond acceptors (Lipinski definition) is 3. The van der Waals surface area contributed by atoms with E-state index in [1.807, 2.05) is 12.1 Å². The number of amides is 1. The normalized spacial score (nSPS) is 33.9. The molecule has 5 fully saturated rings. The van der Waals surface area contributed by atoms with Gasteiger partial charge in [0, 0.05) is 38.3 Å². The number of carboxylic acid groups (broad SMARTS) is 1. The summed E-state index contributed by atoms with van der Waals surface area (Å²) in [6.45, 7) is 3.18. The van der Waals surface area contributed by atoms with Crippen molar-refractivity contribution in [3.63, 3.8) is 0 Å². The fourth-order valence-corrected chi connectivity index (χ4v) is 6.97. The molecule has 0 unspecified atom stereocenters. The molecule has 0 spiro atoms. The Balaban J connectivity index is 1.18. The molecule has 150 valence electrons. The van der Waals surface area contributed by atoms with Crippen LogP contribution in [0, 0.1) is 23.2 Å². The van der Waals surface area contributed by atoms with Gasteiger partial charge in [-0.3, -0.25) is 4.79 Å². The quantitative estimate of drug-likeness (QED) is 0.864. The van der Waals surface area contributed by atoms with Crippen LogP contribution in [-0.4, -0.2) is 48.1 Å². The zero-order chi connectivity index (χ0) is 19.3. The molecular formula is C23H30N2O3. The summed E-state index contributed by atoms with van der Waals surface area (Å²) in [5, 5.41) is 9.04. The number of aromatic carboxylic acids is 1. The summed E-state index contributed by atoms with van der Waals surface area (Å²) in [5.41, 5.74) is 1.67. The summed E-state index contributed by atoms with van der Waals surface area (Å²) in [4.78, 5) is 28.4. The Morgan fingerprint density at radius 2 is 1.43 bits per heavy atom. The first-order chi connectivity index (χ1) is 13.5. The number of rotatable bonds is 4. The lowest BCUT2D eigenvalue weighted by Crippen LogP contribution is -2.52. The van der Waals surface area contributed by atoms with Crippen LogP contribution in [0.3, 0.4) is 0 Å². The Morgan fingerprint density at radius 3 is 1.93 bits per heavy atom. The predicted molar refractivity (Wildman–Crippen MR) is 107 cm³/mol. The molecule has 1 N–H and O–H groups in total. The molecule has 1 aliphatic heterocycles. The molecule has 5 aliphatic rings. The largest absolute Gasteiger partial charge is 0.478 e. The number of nitrogens with zero attached hydrogens (tertiary/aromatic N) is 2. The lowest BCUT2D eigenvalue weighted by Gasteiger charge is -2.57. The van der Waals surface area contributed by atoms with Gasteiger partial charge in [-0.1, -0.05) is 0 Å². The van der Waals surface area contributed by atoms with Gasteiger partial charge in [0.05, 0.1) is 5.56 Å². The zero-order valence-corrected chi connectivity index (χ0v) is 16.5. The number of anilines is 1.